The molecule has 0 fully saturated rings. The lowest BCUT2D eigenvalue weighted by molar-refractivity contribution is -0.120. The summed E-state index contributed by atoms with van der Waals surface area (Å²) in [7, 11) is 0. The second kappa shape index (κ2) is 9.06. The lowest BCUT2D eigenvalue weighted by Gasteiger charge is -2.19. The Bertz CT molecular complexity index is 935. The molecule has 0 saturated heterocycles. The Kier molecular flexibility index (Phi) is 6.52. The van der Waals surface area contributed by atoms with E-state index in [1.165, 1.54) is 12.1 Å². The van der Waals surface area contributed by atoms with E-state index in [4.69, 9.17) is 35.4 Å². The molecule has 3 N–H and O–H groups in total. The van der Waals surface area contributed by atoms with Gasteiger partial charge in [0, 0.05) is 5.69 Å². The summed E-state index contributed by atoms with van der Waals surface area (Å²) in [5.41, 5.74) is 2.16. The number of halogens is 2. The normalized spacial score (nSPS) is 10.5. The van der Waals surface area contributed by atoms with Gasteiger partial charge in [0.1, 0.15) is 0 Å². The van der Waals surface area contributed by atoms with Crippen molar-refractivity contribution < 1.29 is 9.90 Å². The van der Waals surface area contributed by atoms with Crippen molar-refractivity contribution in [1.82, 2.24) is 5.32 Å². The standard InChI is InChI=1S/C21H16Cl2N2O2S/c22-16-11-15(12-17(23)19(16)26)24-21(28)25-20(27)18(13-7-3-1-4-8-13)14-9-5-2-6-10-14/h1-12,18,26H,(H2,24,25,27,28). The average molecular weight is 431 g/mol. The molecule has 0 heterocycles. The van der Waals surface area contributed by atoms with Gasteiger partial charge in [0.15, 0.2) is 10.9 Å². The summed E-state index contributed by atoms with van der Waals surface area (Å²) in [6.07, 6.45) is 0. The molecule has 1 amide bonds. The van der Waals surface area contributed by atoms with E-state index in [0.717, 1.165) is 11.1 Å². The third kappa shape index (κ3) is 4.81. The van der Waals surface area contributed by atoms with E-state index < -0.39 is 5.92 Å². The molecule has 0 aliphatic carbocycles. The Morgan fingerprint density at radius 3 is 1.82 bits per heavy atom. The molecule has 0 aliphatic rings. The Balaban J connectivity index is 1.79. The highest BCUT2D eigenvalue weighted by Gasteiger charge is 2.23. The van der Waals surface area contributed by atoms with Gasteiger partial charge in [-0.05, 0) is 35.5 Å². The maximum atomic E-state index is 13.0. The summed E-state index contributed by atoms with van der Waals surface area (Å²) in [6, 6.07) is 21.8. The minimum atomic E-state index is -0.519. The highest BCUT2D eigenvalue weighted by Crippen LogP contribution is 2.34. The van der Waals surface area contributed by atoms with Gasteiger partial charge in [0.05, 0.1) is 16.0 Å². The van der Waals surface area contributed by atoms with Crippen LogP contribution in [0.1, 0.15) is 17.0 Å². The fourth-order valence-corrected chi connectivity index (χ4v) is 3.48. The third-order valence-corrected chi connectivity index (χ3v) is 4.82. The number of phenolic OH excluding ortho intramolecular Hbond substituents is 1. The van der Waals surface area contributed by atoms with Crippen molar-refractivity contribution in [3.8, 4) is 5.75 Å². The van der Waals surface area contributed by atoms with Crippen LogP contribution in [0.3, 0.4) is 0 Å². The zero-order valence-corrected chi connectivity index (χ0v) is 16.9. The van der Waals surface area contributed by atoms with Gasteiger partial charge in [0.25, 0.3) is 0 Å². The van der Waals surface area contributed by atoms with Crippen LogP contribution in [0.15, 0.2) is 72.8 Å². The number of hydrogen-bond donors (Lipinski definition) is 3. The van der Waals surface area contributed by atoms with Gasteiger partial charge in [-0.25, -0.2) is 0 Å². The van der Waals surface area contributed by atoms with Gasteiger partial charge >= 0.3 is 0 Å². The molecule has 0 aliphatic heterocycles. The van der Waals surface area contributed by atoms with E-state index in [-0.39, 0.29) is 26.8 Å². The third-order valence-electron chi connectivity index (χ3n) is 4.04. The first kappa shape index (κ1) is 20.1. The molecule has 3 aromatic carbocycles. The van der Waals surface area contributed by atoms with Crippen molar-refractivity contribution >= 4 is 52.1 Å². The molecular formula is C21H16Cl2N2O2S. The Morgan fingerprint density at radius 1 is 0.893 bits per heavy atom. The molecular weight excluding hydrogens is 415 g/mol. The number of aromatic hydroxyl groups is 1. The van der Waals surface area contributed by atoms with E-state index in [1.54, 1.807) is 0 Å². The van der Waals surface area contributed by atoms with Gasteiger partial charge in [-0.2, -0.15) is 0 Å². The minimum absolute atomic E-state index is 0.0792. The van der Waals surface area contributed by atoms with Crippen molar-refractivity contribution in [3.05, 3.63) is 94.0 Å². The second-order valence-electron chi connectivity index (χ2n) is 5.99. The van der Waals surface area contributed by atoms with Crippen molar-refractivity contribution in [2.75, 3.05) is 5.32 Å². The van der Waals surface area contributed by atoms with Crippen LogP contribution in [0.2, 0.25) is 10.0 Å². The first-order valence-electron chi connectivity index (χ1n) is 8.35. The van der Waals surface area contributed by atoms with Crippen molar-refractivity contribution in [2.45, 2.75) is 5.92 Å². The summed E-state index contributed by atoms with van der Waals surface area (Å²) in [5, 5.41) is 15.5. The van der Waals surface area contributed by atoms with Crippen LogP contribution in [0.25, 0.3) is 0 Å². The Labute approximate surface area is 178 Å². The monoisotopic (exact) mass is 430 g/mol. The van der Waals surface area contributed by atoms with Crippen LogP contribution in [0.4, 0.5) is 5.69 Å². The molecule has 0 radical (unpaired) electrons. The number of benzene rings is 3. The van der Waals surface area contributed by atoms with E-state index in [9.17, 15) is 9.90 Å². The van der Waals surface area contributed by atoms with Crippen LogP contribution in [0.5, 0.6) is 5.75 Å². The quantitative estimate of drug-likeness (QED) is 0.385. The molecule has 142 valence electrons. The summed E-state index contributed by atoms with van der Waals surface area (Å²) in [5.74, 6) is -1.00. The molecule has 3 aromatic rings. The smallest absolute Gasteiger partial charge is 0.238 e. The largest absolute Gasteiger partial charge is 0.505 e. The van der Waals surface area contributed by atoms with Crippen molar-refractivity contribution in [1.29, 1.82) is 0 Å². The first-order valence-corrected chi connectivity index (χ1v) is 9.52. The first-order chi connectivity index (χ1) is 13.5. The number of carbonyl (C=O) groups is 1. The number of rotatable bonds is 4. The fourth-order valence-electron chi connectivity index (χ4n) is 2.77. The topological polar surface area (TPSA) is 61.4 Å². The fraction of sp³-hybridized carbons (Fsp3) is 0.0476. The summed E-state index contributed by atoms with van der Waals surface area (Å²) < 4.78 is 0. The van der Waals surface area contributed by atoms with Crippen LogP contribution in [0, 0.1) is 0 Å². The molecule has 0 aromatic heterocycles. The lowest BCUT2D eigenvalue weighted by Crippen LogP contribution is -2.37. The zero-order valence-electron chi connectivity index (χ0n) is 14.5. The zero-order chi connectivity index (χ0) is 20.1. The predicted molar refractivity (Wildman–Crippen MR) is 117 cm³/mol. The number of phenols is 1. The van der Waals surface area contributed by atoms with Crippen LogP contribution in [-0.2, 0) is 4.79 Å². The number of nitrogens with one attached hydrogen (secondary N) is 2. The number of amides is 1. The lowest BCUT2D eigenvalue weighted by atomic mass is 9.90. The van der Waals surface area contributed by atoms with E-state index in [2.05, 4.69) is 10.6 Å². The van der Waals surface area contributed by atoms with Crippen LogP contribution in [-0.4, -0.2) is 16.1 Å². The second-order valence-corrected chi connectivity index (χ2v) is 7.21. The number of thiocarbonyl (C=S) groups is 1. The van der Waals surface area contributed by atoms with Crippen LogP contribution < -0.4 is 10.6 Å². The SMILES string of the molecule is O=C(NC(=S)Nc1cc(Cl)c(O)c(Cl)c1)C(c1ccccc1)c1ccccc1. The number of hydrogen-bond acceptors (Lipinski definition) is 3. The van der Waals surface area contributed by atoms with Gasteiger partial charge in [-0.3, -0.25) is 4.79 Å². The van der Waals surface area contributed by atoms with Gasteiger partial charge < -0.3 is 15.7 Å². The minimum Gasteiger partial charge on any atom is -0.505 e. The number of anilines is 1. The Hall–Kier alpha value is -2.60. The van der Waals surface area contributed by atoms with Crippen molar-refractivity contribution in [2.24, 2.45) is 0 Å². The summed E-state index contributed by atoms with van der Waals surface area (Å²) in [6.45, 7) is 0. The highest BCUT2D eigenvalue weighted by molar-refractivity contribution is 7.80. The molecule has 0 bridgehead atoms. The molecule has 0 saturated carbocycles. The molecule has 7 heteroatoms. The number of carbonyl (C=O) groups excluding carboxylic acids is 1. The van der Waals surface area contributed by atoms with Gasteiger partial charge in [-0.1, -0.05) is 83.9 Å². The summed E-state index contributed by atoms with van der Waals surface area (Å²) >= 11 is 17.1. The predicted octanol–water partition coefficient (Wildman–Crippen LogP) is 5.34. The molecule has 4 nitrogen and oxygen atoms in total. The maximum absolute atomic E-state index is 13.0. The van der Waals surface area contributed by atoms with Gasteiger partial charge in [-0.15, -0.1) is 0 Å². The molecule has 0 unspecified atom stereocenters. The highest BCUT2D eigenvalue weighted by atomic mass is 35.5. The maximum Gasteiger partial charge on any atom is 0.238 e. The molecule has 0 atom stereocenters. The van der Waals surface area contributed by atoms with Gasteiger partial charge in [0.2, 0.25) is 5.91 Å². The van der Waals surface area contributed by atoms with E-state index >= 15 is 0 Å². The average Bonchev–Trinajstić information content (AvgIpc) is 2.68. The molecule has 3 rings (SSSR count). The molecule has 0 spiro atoms. The van der Waals surface area contributed by atoms with Crippen LogP contribution >= 0.6 is 35.4 Å². The van der Waals surface area contributed by atoms with E-state index in [1.807, 2.05) is 60.7 Å². The van der Waals surface area contributed by atoms with E-state index in [0.29, 0.717) is 5.69 Å². The molecule has 28 heavy (non-hydrogen) atoms. The Morgan fingerprint density at radius 2 is 1.36 bits per heavy atom. The summed E-state index contributed by atoms with van der Waals surface area (Å²) in [4.78, 5) is 13.0. The van der Waals surface area contributed by atoms with Crippen molar-refractivity contribution in [3.63, 3.8) is 0 Å².